The minimum Gasteiger partial charge on any atom is -0.465 e. The predicted octanol–water partition coefficient (Wildman–Crippen LogP) is 2.54. The summed E-state index contributed by atoms with van der Waals surface area (Å²) in [5.41, 5.74) is 8.10. The van der Waals surface area contributed by atoms with E-state index in [9.17, 15) is 4.79 Å². The van der Waals surface area contributed by atoms with Gasteiger partial charge in [-0.3, -0.25) is 0 Å². The Hall–Kier alpha value is -1.71. The van der Waals surface area contributed by atoms with Crippen molar-refractivity contribution in [2.24, 2.45) is 11.8 Å². The first-order valence-electron chi connectivity index (χ1n) is 6.76. The SMILES string of the molecule is COC(=O)c1cccc(N)c1N1CCC(C)C(C)C1. The molecule has 0 saturated carbocycles. The van der Waals surface area contributed by atoms with E-state index in [1.807, 2.05) is 6.07 Å². The maximum Gasteiger partial charge on any atom is 0.340 e. The Morgan fingerprint density at radius 2 is 2.11 bits per heavy atom. The summed E-state index contributed by atoms with van der Waals surface area (Å²) in [6, 6.07) is 5.41. The summed E-state index contributed by atoms with van der Waals surface area (Å²) < 4.78 is 4.85. The summed E-state index contributed by atoms with van der Waals surface area (Å²) in [5, 5.41) is 0. The van der Waals surface area contributed by atoms with Crippen molar-refractivity contribution in [1.29, 1.82) is 0 Å². The van der Waals surface area contributed by atoms with E-state index in [2.05, 4.69) is 18.7 Å². The zero-order valence-corrected chi connectivity index (χ0v) is 11.8. The molecule has 104 valence electrons. The molecule has 0 bridgehead atoms. The normalized spacial score (nSPS) is 23.2. The molecule has 1 fully saturated rings. The standard InChI is InChI=1S/C15H22N2O2/c1-10-7-8-17(9-11(10)2)14-12(15(18)19-3)5-4-6-13(14)16/h4-6,10-11H,7-9,16H2,1-3H3. The average molecular weight is 262 g/mol. The van der Waals surface area contributed by atoms with Gasteiger partial charge in [0.25, 0.3) is 0 Å². The number of nitrogens with two attached hydrogens (primary N) is 1. The number of hydrogen-bond acceptors (Lipinski definition) is 4. The number of nitrogen functional groups attached to an aromatic ring is 1. The summed E-state index contributed by atoms with van der Waals surface area (Å²) in [7, 11) is 1.40. The van der Waals surface area contributed by atoms with Crippen molar-refractivity contribution in [2.45, 2.75) is 20.3 Å². The summed E-state index contributed by atoms with van der Waals surface area (Å²) in [6.45, 7) is 6.38. The third-order valence-corrected chi connectivity index (χ3v) is 4.12. The highest BCUT2D eigenvalue weighted by Crippen LogP contribution is 2.33. The molecule has 0 radical (unpaired) electrons. The van der Waals surface area contributed by atoms with Crippen molar-refractivity contribution in [3.8, 4) is 0 Å². The number of anilines is 2. The Morgan fingerprint density at radius 1 is 1.37 bits per heavy atom. The van der Waals surface area contributed by atoms with Gasteiger partial charge in [0.05, 0.1) is 24.0 Å². The number of benzene rings is 1. The second-order valence-electron chi connectivity index (χ2n) is 5.42. The number of carbonyl (C=O) groups excluding carboxylic acids is 1. The van der Waals surface area contributed by atoms with Crippen LogP contribution in [0.3, 0.4) is 0 Å². The van der Waals surface area contributed by atoms with Gasteiger partial charge >= 0.3 is 5.97 Å². The van der Waals surface area contributed by atoms with E-state index in [0.29, 0.717) is 23.1 Å². The number of hydrogen-bond donors (Lipinski definition) is 1. The fourth-order valence-electron chi connectivity index (χ4n) is 2.65. The van der Waals surface area contributed by atoms with E-state index in [4.69, 9.17) is 10.5 Å². The fourth-order valence-corrected chi connectivity index (χ4v) is 2.65. The number of esters is 1. The van der Waals surface area contributed by atoms with E-state index in [1.54, 1.807) is 12.1 Å². The molecule has 1 aromatic carbocycles. The van der Waals surface area contributed by atoms with Gasteiger partial charge in [0, 0.05) is 13.1 Å². The zero-order valence-electron chi connectivity index (χ0n) is 11.8. The minimum atomic E-state index is -0.325. The van der Waals surface area contributed by atoms with Crippen LogP contribution in [0.2, 0.25) is 0 Å². The second-order valence-corrected chi connectivity index (χ2v) is 5.42. The van der Waals surface area contributed by atoms with Crippen molar-refractivity contribution in [3.63, 3.8) is 0 Å². The Kier molecular flexibility index (Phi) is 3.98. The molecular formula is C15H22N2O2. The smallest absolute Gasteiger partial charge is 0.340 e. The van der Waals surface area contributed by atoms with Crippen molar-refractivity contribution in [1.82, 2.24) is 0 Å². The van der Waals surface area contributed by atoms with Crippen LogP contribution in [0.1, 0.15) is 30.6 Å². The maximum absolute atomic E-state index is 11.9. The average Bonchev–Trinajstić information content (AvgIpc) is 2.41. The van der Waals surface area contributed by atoms with Gasteiger partial charge in [0.1, 0.15) is 0 Å². The number of rotatable bonds is 2. The Balaban J connectivity index is 2.36. The van der Waals surface area contributed by atoms with Crippen LogP contribution >= 0.6 is 0 Å². The van der Waals surface area contributed by atoms with Crippen LogP contribution in [-0.4, -0.2) is 26.2 Å². The van der Waals surface area contributed by atoms with Gasteiger partial charge in [-0.05, 0) is 30.4 Å². The number of para-hydroxylation sites is 1. The van der Waals surface area contributed by atoms with Crippen LogP contribution in [-0.2, 0) is 4.74 Å². The number of piperidine rings is 1. The van der Waals surface area contributed by atoms with Crippen LogP contribution in [0.25, 0.3) is 0 Å². The van der Waals surface area contributed by atoms with E-state index < -0.39 is 0 Å². The summed E-state index contributed by atoms with van der Waals surface area (Å²) >= 11 is 0. The number of ether oxygens (including phenoxy) is 1. The molecule has 2 atom stereocenters. The lowest BCUT2D eigenvalue weighted by Gasteiger charge is -2.38. The van der Waals surface area contributed by atoms with Gasteiger partial charge in [0.15, 0.2) is 0 Å². The number of methoxy groups -OCH3 is 1. The largest absolute Gasteiger partial charge is 0.465 e. The minimum absolute atomic E-state index is 0.325. The van der Waals surface area contributed by atoms with Crippen molar-refractivity contribution >= 4 is 17.3 Å². The summed E-state index contributed by atoms with van der Waals surface area (Å²) in [6.07, 6.45) is 1.12. The van der Waals surface area contributed by atoms with E-state index >= 15 is 0 Å². The second kappa shape index (κ2) is 5.51. The molecule has 0 aromatic heterocycles. The zero-order chi connectivity index (χ0) is 14.0. The van der Waals surface area contributed by atoms with Gasteiger partial charge in [0.2, 0.25) is 0 Å². The van der Waals surface area contributed by atoms with Crippen LogP contribution in [0.5, 0.6) is 0 Å². The molecule has 0 aliphatic carbocycles. The molecule has 4 heteroatoms. The molecule has 1 saturated heterocycles. The highest BCUT2D eigenvalue weighted by molar-refractivity contribution is 5.99. The van der Waals surface area contributed by atoms with Crippen LogP contribution < -0.4 is 10.6 Å². The number of carbonyl (C=O) groups is 1. The molecule has 2 rings (SSSR count). The lowest BCUT2D eigenvalue weighted by atomic mass is 9.88. The molecule has 2 unspecified atom stereocenters. The van der Waals surface area contributed by atoms with Gasteiger partial charge in [-0.15, -0.1) is 0 Å². The van der Waals surface area contributed by atoms with Crippen molar-refractivity contribution in [2.75, 3.05) is 30.8 Å². The Bertz CT molecular complexity index is 473. The van der Waals surface area contributed by atoms with Crippen molar-refractivity contribution in [3.05, 3.63) is 23.8 Å². The molecule has 1 heterocycles. The third kappa shape index (κ3) is 2.67. The molecule has 1 aromatic rings. The maximum atomic E-state index is 11.9. The molecule has 0 amide bonds. The highest BCUT2D eigenvalue weighted by Gasteiger charge is 2.27. The Labute approximate surface area is 114 Å². The third-order valence-electron chi connectivity index (χ3n) is 4.12. The molecule has 2 N–H and O–H groups in total. The first kappa shape index (κ1) is 13.7. The van der Waals surface area contributed by atoms with E-state index in [0.717, 1.165) is 25.2 Å². The summed E-state index contributed by atoms with van der Waals surface area (Å²) in [5.74, 6) is 0.982. The van der Waals surface area contributed by atoms with Gasteiger partial charge in [-0.2, -0.15) is 0 Å². The molecular weight excluding hydrogens is 240 g/mol. The highest BCUT2D eigenvalue weighted by atomic mass is 16.5. The molecule has 19 heavy (non-hydrogen) atoms. The lowest BCUT2D eigenvalue weighted by molar-refractivity contribution is 0.0601. The topological polar surface area (TPSA) is 55.6 Å². The van der Waals surface area contributed by atoms with Gasteiger partial charge < -0.3 is 15.4 Å². The molecule has 1 aliphatic rings. The molecule has 4 nitrogen and oxygen atoms in total. The fraction of sp³-hybridized carbons (Fsp3) is 0.533. The van der Waals surface area contributed by atoms with Crippen LogP contribution in [0.4, 0.5) is 11.4 Å². The summed E-state index contributed by atoms with van der Waals surface area (Å²) in [4.78, 5) is 14.1. The lowest BCUT2D eigenvalue weighted by Crippen LogP contribution is -2.39. The molecule has 1 aliphatic heterocycles. The number of nitrogens with zero attached hydrogens (tertiary/aromatic N) is 1. The molecule has 0 spiro atoms. The van der Waals surface area contributed by atoms with E-state index in [-0.39, 0.29) is 5.97 Å². The van der Waals surface area contributed by atoms with E-state index in [1.165, 1.54) is 7.11 Å². The predicted molar refractivity (Wildman–Crippen MR) is 77.4 cm³/mol. The van der Waals surface area contributed by atoms with Crippen LogP contribution in [0.15, 0.2) is 18.2 Å². The monoisotopic (exact) mass is 262 g/mol. The quantitative estimate of drug-likeness (QED) is 0.657. The Morgan fingerprint density at radius 3 is 2.74 bits per heavy atom. The van der Waals surface area contributed by atoms with Crippen LogP contribution in [0, 0.1) is 11.8 Å². The van der Waals surface area contributed by atoms with Gasteiger partial charge in [-0.1, -0.05) is 19.9 Å². The first-order valence-corrected chi connectivity index (χ1v) is 6.76. The van der Waals surface area contributed by atoms with Crippen molar-refractivity contribution < 1.29 is 9.53 Å². The van der Waals surface area contributed by atoms with Gasteiger partial charge in [-0.25, -0.2) is 4.79 Å². The first-order chi connectivity index (χ1) is 9.04.